The molecule has 0 amide bonds. The summed E-state index contributed by atoms with van der Waals surface area (Å²) >= 11 is 3.54. The largest absolute Gasteiger partial charge is 0.490 e. The Hall–Kier alpha value is -4.44. The van der Waals surface area contributed by atoms with Crippen LogP contribution in [0.1, 0.15) is 23.6 Å². The number of nitrogens with zero attached hydrogens (tertiary/aromatic N) is 3. The molecule has 5 aromatic rings. The monoisotopic (exact) mass is 621 g/mol. The van der Waals surface area contributed by atoms with Crippen molar-refractivity contribution in [2.45, 2.75) is 19.7 Å². The van der Waals surface area contributed by atoms with Gasteiger partial charge < -0.3 is 9.47 Å². The molecule has 0 aliphatic heterocycles. The number of aromatic nitrogens is 2. The van der Waals surface area contributed by atoms with Gasteiger partial charge >= 0.3 is 6.18 Å². The van der Waals surface area contributed by atoms with Crippen LogP contribution in [0.4, 0.5) is 13.2 Å². The summed E-state index contributed by atoms with van der Waals surface area (Å²) in [5.74, 6) is 0.936. The van der Waals surface area contributed by atoms with Gasteiger partial charge in [0.2, 0.25) is 0 Å². The second kappa shape index (κ2) is 12.0. The van der Waals surface area contributed by atoms with Gasteiger partial charge in [-0.1, -0.05) is 54.6 Å². The van der Waals surface area contributed by atoms with Gasteiger partial charge in [-0.2, -0.15) is 22.9 Å². The number of benzene rings is 4. The Kier molecular flexibility index (Phi) is 8.21. The van der Waals surface area contributed by atoms with Gasteiger partial charge in [0.25, 0.3) is 5.56 Å². The molecular formula is C31H23BrF3N3O3. The minimum absolute atomic E-state index is 0.0250. The summed E-state index contributed by atoms with van der Waals surface area (Å²) in [7, 11) is 0. The smallest absolute Gasteiger partial charge is 0.416 e. The molecule has 0 unspecified atom stereocenters. The van der Waals surface area contributed by atoms with Crippen LogP contribution in [-0.2, 0) is 12.8 Å². The number of ether oxygens (including phenoxy) is 2. The maximum absolute atomic E-state index is 13.5. The molecule has 0 atom stereocenters. The third kappa shape index (κ3) is 6.33. The summed E-state index contributed by atoms with van der Waals surface area (Å²) in [6.45, 7) is 2.55. The van der Waals surface area contributed by atoms with E-state index in [2.05, 4.69) is 26.0 Å². The van der Waals surface area contributed by atoms with E-state index in [0.29, 0.717) is 40.3 Å². The molecule has 5 rings (SSSR count). The van der Waals surface area contributed by atoms with Crippen LogP contribution >= 0.6 is 15.9 Å². The summed E-state index contributed by atoms with van der Waals surface area (Å²) < 4.78 is 53.8. The zero-order valence-corrected chi connectivity index (χ0v) is 23.3. The highest BCUT2D eigenvalue weighted by molar-refractivity contribution is 9.10. The van der Waals surface area contributed by atoms with Crippen molar-refractivity contribution in [2.75, 3.05) is 6.61 Å². The van der Waals surface area contributed by atoms with Gasteiger partial charge in [0.15, 0.2) is 17.3 Å². The van der Waals surface area contributed by atoms with Gasteiger partial charge in [-0.05, 0) is 70.4 Å². The fourth-order valence-electron chi connectivity index (χ4n) is 4.17. The van der Waals surface area contributed by atoms with E-state index >= 15 is 0 Å². The lowest BCUT2D eigenvalue weighted by molar-refractivity contribution is -0.137. The number of hydrogen-bond donors (Lipinski definition) is 0. The molecule has 10 heteroatoms. The van der Waals surface area contributed by atoms with Crippen LogP contribution < -0.4 is 15.0 Å². The molecule has 0 spiro atoms. The van der Waals surface area contributed by atoms with Crippen molar-refractivity contribution in [3.05, 3.63) is 123 Å². The third-order valence-electron chi connectivity index (χ3n) is 6.08. The van der Waals surface area contributed by atoms with Crippen LogP contribution in [0.2, 0.25) is 0 Å². The maximum Gasteiger partial charge on any atom is 0.416 e. The van der Waals surface area contributed by atoms with Crippen LogP contribution in [-0.4, -0.2) is 22.5 Å². The SMILES string of the molecule is CCOc1cc(C=Nn2c(-c3cccc(C(F)(F)F)c3)nc3ccccc3c2=O)cc(Br)c1OCc1ccccc1. The highest BCUT2D eigenvalue weighted by Gasteiger charge is 2.31. The van der Waals surface area contributed by atoms with E-state index in [9.17, 15) is 18.0 Å². The predicted molar refractivity (Wildman–Crippen MR) is 156 cm³/mol. The number of halogens is 4. The zero-order chi connectivity index (χ0) is 29.0. The van der Waals surface area contributed by atoms with Crippen LogP contribution in [0, 0.1) is 0 Å². The standard InChI is InChI=1S/C31H23BrF3N3O3/c1-2-40-27-16-21(15-25(32)28(27)41-19-20-9-4-3-5-10-20)18-36-38-29(22-11-8-12-23(17-22)31(33,34)35)37-26-14-7-6-13-24(26)30(38)39/h3-18H,2,19H2,1H3. The molecule has 0 saturated heterocycles. The second-order valence-corrected chi connectivity index (χ2v) is 9.78. The van der Waals surface area contributed by atoms with Gasteiger partial charge in [0, 0.05) is 5.56 Å². The first-order valence-electron chi connectivity index (χ1n) is 12.6. The van der Waals surface area contributed by atoms with Gasteiger partial charge in [0.05, 0.1) is 33.8 Å². The first kappa shape index (κ1) is 28.1. The quantitative estimate of drug-likeness (QED) is 0.166. The Morgan fingerprint density at radius 1 is 0.951 bits per heavy atom. The van der Waals surface area contributed by atoms with Crippen molar-refractivity contribution in [2.24, 2.45) is 5.10 Å². The molecular weight excluding hydrogens is 599 g/mol. The highest BCUT2D eigenvalue weighted by atomic mass is 79.9. The first-order chi connectivity index (χ1) is 19.7. The van der Waals surface area contributed by atoms with E-state index in [0.717, 1.165) is 22.4 Å². The highest BCUT2D eigenvalue weighted by Crippen LogP contribution is 2.37. The minimum atomic E-state index is -4.56. The van der Waals surface area contributed by atoms with Crippen LogP contribution in [0.25, 0.3) is 22.3 Å². The number of fused-ring (bicyclic) bond motifs is 1. The summed E-state index contributed by atoms with van der Waals surface area (Å²) in [4.78, 5) is 18.0. The lowest BCUT2D eigenvalue weighted by Gasteiger charge is -2.15. The molecule has 0 fully saturated rings. The van der Waals surface area contributed by atoms with Crippen LogP contribution in [0.15, 0.2) is 105 Å². The molecule has 208 valence electrons. The molecule has 0 radical (unpaired) electrons. The Morgan fingerprint density at radius 2 is 1.71 bits per heavy atom. The fraction of sp³-hybridized carbons (Fsp3) is 0.129. The van der Waals surface area contributed by atoms with E-state index in [4.69, 9.17) is 9.47 Å². The second-order valence-electron chi connectivity index (χ2n) is 8.93. The summed E-state index contributed by atoms with van der Waals surface area (Å²) in [5.41, 5.74) is 0.606. The minimum Gasteiger partial charge on any atom is -0.490 e. The van der Waals surface area contributed by atoms with Crippen molar-refractivity contribution in [3.63, 3.8) is 0 Å². The summed E-state index contributed by atoms with van der Waals surface area (Å²) in [6, 6.07) is 24.4. The predicted octanol–water partition coefficient (Wildman–Crippen LogP) is 7.70. The van der Waals surface area contributed by atoms with Gasteiger partial charge in [0.1, 0.15) is 6.61 Å². The van der Waals surface area contributed by atoms with Crippen molar-refractivity contribution in [3.8, 4) is 22.9 Å². The first-order valence-corrected chi connectivity index (χ1v) is 13.4. The number of alkyl halides is 3. The molecule has 0 saturated carbocycles. The molecule has 0 bridgehead atoms. The Bertz CT molecular complexity index is 1790. The number of para-hydroxylation sites is 1. The number of rotatable bonds is 8. The molecule has 6 nitrogen and oxygen atoms in total. The van der Waals surface area contributed by atoms with Gasteiger partial charge in [-0.15, -0.1) is 0 Å². The van der Waals surface area contributed by atoms with Crippen molar-refractivity contribution in [1.29, 1.82) is 0 Å². The van der Waals surface area contributed by atoms with E-state index < -0.39 is 17.3 Å². The summed E-state index contributed by atoms with van der Waals surface area (Å²) in [6.07, 6.45) is -3.14. The maximum atomic E-state index is 13.5. The molecule has 1 heterocycles. The normalized spacial score (nSPS) is 11.7. The third-order valence-corrected chi connectivity index (χ3v) is 6.67. The molecule has 0 aliphatic rings. The average molecular weight is 622 g/mol. The van der Waals surface area contributed by atoms with Gasteiger partial charge in [-0.3, -0.25) is 4.79 Å². The zero-order valence-electron chi connectivity index (χ0n) is 21.7. The fourth-order valence-corrected chi connectivity index (χ4v) is 4.75. The van der Waals surface area contributed by atoms with E-state index in [1.807, 2.05) is 37.3 Å². The topological polar surface area (TPSA) is 65.7 Å². The van der Waals surface area contributed by atoms with E-state index in [1.165, 1.54) is 18.3 Å². The van der Waals surface area contributed by atoms with Gasteiger partial charge in [-0.25, -0.2) is 4.98 Å². The Labute approximate surface area is 241 Å². The molecule has 0 aliphatic carbocycles. The Morgan fingerprint density at radius 3 is 2.46 bits per heavy atom. The average Bonchev–Trinajstić information content (AvgIpc) is 2.96. The summed E-state index contributed by atoms with van der Waals surface area (Å²) in [5, 5.41) is 4.66. The van der Waals surface area contributed by atoms with E-state index in [-0.39, 0.29) is 16.8 Å². The van der Waals surface area contributed by atoms with Crippen LogP contribution in [0.3, 0.4) is 0 Å². The number of hydrogen-bond acceptors (Lipinski definition) is 5. The molecule has 41 heavy (non-hydrogen) atoms. The van der Waals surface area contributed by atoms with E-state index in [1.54, 1.807) is 36.4 Å². The van der Waals surface area contributed by atoms with Crippen LogP contribution in [0.5, 0.6) is 11.5 Å². The lowest BCUT2D eigenvalue weighted by Crippen LogP contribution is -2.20. The molecule has 4 aromatic carbocycles. The lowest BCUT2D eigenvalue weighted by atomic mass is 10.1. The van der Waals surface area contributed by atoms with Crippen molar-refractivity contribution >= 4 is 33.0 Å². The Balaban J connectivity index is 1.57. The molecule has 0 N–H and O–H groups in total. The molecule has 1 aromatic heterocycles. The van der Waals surface area contributed by atoms with Crippen molar-refractivity contribution in [1.82, 2.24) is 9.66 Å². The van der Waals surface area contributed by atoms with Crippen molar-refractivity contribution < 1.29 is 22.6 Å².